The highest BCUT2D eigenvalue weighted by Gasteiger charge is 2.09. The Kier molecular flexibility index (Phi) is 2.60. The largest absolute Gasteiger partial charge is 0.329 e. The van der Waals surface area contributed by atoms with Gasteiger partial charge in [-0.3, -0.25) is 4.79 Å². The standard InChI is InChI=1S/C7H7N3O3S3/c1-16(12,13)9-10-6(11)5-4(2-3-15-5)8-7(10)14/h2-3,9H,1H3,(H,8,14). The van der Waals surface area contributed by atoms with Gasteiger partial charge in [0, 0.05) is 0 Å². The highest BCUT2D eigenvalue weighted by molar-refractivity contribution is 7.91. The first kappa shape index (κ1) is 11.3. The maximum atomic E-state index is 11.8. The molecule has 86 valence electrons. The Morgan fingerprint density at radius 3 is 2.88 bits per heavy atom. The summed E-state index contributed by atoms with van der Waals surface area (Å²) >= 11 is 6.10. The predicted molar refractivity (Wildman–Crippen MR) is 65.5 cm³/mol. The Balaban J connectivity index is 2.79. The van der Waals surface area contributed by atoms with Crippen LogP contribution in [0.4, 0.5) is 0 Å². The van der Waals surface area contributed by atoms with Crippen LogP contribution in [0.25, 0.3) is 10.2 Å². The molecular formula is C7H7N3O3S3. The van der Waals surface area contributed by atoms with Crippen LogP contribution in [0.5, 0.6) is 0 Å². The van der Waals surface area contributed by atoms with E-state index in [1.54, 1.807) is 11.4 Å². The molecular weight excluding hydrogens is 270 g/mol. The number of aromatic amines is 1. The Labute approximate surface area is 99.6 Å². The van der Waals surface area contributed by atoms with Gasteiger partial charge in [0.2, 0.25) is 14.8 Å². The summed E-state index contributed by atoms with van der Waals surface area (Å²) < 4.78 is 23.3. The van der Waals surface area contributed by atoms with Crippen LogP contribution in [-0.4, -0.2) is 24.3 Å². The van der Waals surface area contributed by atoms with Gasteiger partial charge >= 0.3 is 0 Å². The second kappa shape index (κ2) is 3.68. The highest BCUT2D eigenvalue weighted by Crippen LogP contribution is 2.13. The van der Waals surface area contributed by atoms with Gasteiger partial charge in [-0.05, 0) is 23.7 Å². The molecule has 2 N–H and O–H groups in total. The first-order valence-electron chi connectivity index (χ1n) is 4.09. The fraction of sp³-hybridized carbons (Fsp3) is 0.143. The Morgan fingerprint density at radius 1 is 1.56 bits per heavy atom. The summed E-state index contributed by atoms with van der Waals surface area (Å²) in [4.78, 5) is 16.7. The van der Waals surface area contributed by atoms with Gasteiger partial charge in [0.05, 0.1) is 11.8 Å². The lowest BCUT2D eigenvalue weighted by molar-refractivity contribution is 0.599. The predicted octanol–water partition coefficient (Wildman–Crippen LogP) is 0.624. The van der Waals surface area contributed by atoms with Crippen LogP contribution in [-0.2, 0) is 10.0 Å². The van der Waals surface area contributed by atoms with Crippen LogP contribution < -0.4 is 10.4 Å². The zero-order valence-electron chi connectivity index (χ0n) is 8.05. The zero-order chi connectivity index (χ0) is 11.9. The quantitative estimate of drug-likeness (QED) is 0.788. The molecule has 0 bridgehead atoms. The van der Waals surface area contributed by atoms with Crippen LogP contribution in [0.2, 0.25) is 0 Å². The van der Waals surface area contributed by atoms with E-state index < -0.39 is 15.6 Å². The lowest BCUT2D eigenvalue weighted by atomic mass is 10.5. The van der Waals surface area contributed by atoms with Crippen molar-refractivity contribution in [2.24, 2.45) is 0 Å². The zero-order valence-corrected chi connectivity index (χ0v) is 10.5. The average molecular weight is 277 g/mol. The molecule has 2 heterocycles. The van der Waals surface area contributed by atoms with Crippen LogP contribution in [0.15, 0.2) is 16.2 Å². The molecule has 0 fully saturated rings. The maximum Gasteiger partial charge on any atom is 0.291 e. The lowest BCUT2D eigenvalue weighted by Crippen LogP contribution is -2.33. The van der Waals surface area contributed by atoms with E-state index in [2.05, 4.69) is 4.98 Å². The van der Waals surface area contributed by atoms with Crippen molar-refractivity contribution < 1.29 is 8.42 Å². The van der Waals surface area contributed by atoms with Gasteiger partial charge in [0.15, 0.2) is 0 Å². The van der Waals surface area contributed by atoms with E-state index in [-0.39, 0.29) is 4.77 Å². The van der Waals surface area contributed by atoms with Crippen molar-refractivity contribution in [2.75, 3.05) is 11.1 Å². The molecule has 0 saturated heterocycles. The Hall–Kier alpha value is -1.19. The van der Waals surface area contributed by atoms with Crippen LogP contribution >= 0.6 is 23.6 Å². The summed E-state index contributed by atoms with van der Waals surface area (Å²) in [6, 6.07) is 1.71. The van der Waals surface area contributed by atoms with E-state index in [0.29, 0.717) is 10.2 Å². The summed E-state index contributed by atoms with van der Waals surface area (Å²) in [5, 5.41) is 1.72. The van der Waals surface area contributed by atoms with Crippen molar-refractivity contribution in [2.45, 2.75) is 0 Å². The highest BCUT2D eigenvalue weighted by atomic mass is 32.2. The maximum absolute atomic E-state index is 11.8. The summed E-state index contributed by atoms with van der Waals surface area (Å²) in [5.74, 6) is 0. The van der Waals surface area contributed by atoms with Gasteiger partial charge in [-0.15, -0.1) is 11.3 Å². The molecule has 2 aromatic rings. The topological polar surface area (TPSA) is 84.0 Å². The summed E-state index contributed by atoms with van der Waals surface area (Å²) in [6.45, 7) is 0. The number of sulfonamides is 1. The van der Waals surface area contributed by atoms with Crippen LogP contribution in [0.1, 0.15) is 0 Å². The average Bonchev–Trinajstić information content (AvgIpc) is 2.58. The van der Waals surface area contributed by atoms with Crippen molar-refractivity contribution in [3.05, 3.63) is 26.6 Å². The smallest absolute Gasteiger partial charge is 0.291 e. The Morgan fingerprint density at radius 2 is 2.25 bits per heavy atom. The molecule has 0 amide bonds. The lowest BCUT2D eigenvalue weighted by Gasteiger charge is -2.06. The first-order chi connectivity index (χ1) is 7.38. The summed E-state index contributed by atoms with van der Waals surface area (Å²) in [6.07, 6.45) is 0.951. The molecule has 0 aliphatic heterocycles. The summed E-state index contributed by atoms with van der Waals surface area (Å²) in [7, 11) is -3.54. The van der Waals surface area contributed by atoms with Crippen molar-refractivity contribution in [3.63, 3.8) is 0 Å². The van der Waals surface area contributed by atoms with E-state index in [0.717, 1.165) is 10.9 Å². The van der Waals surface area contributed by atoms with Gasteiger partial charge in [0.1, 0.15) is 4.70 Å². The molecule has 0 aromatic carbocycles. The molecule has 2 rings (SSSR count). The number of H-pyrrole nitrogens is 1. The van der Waals surface area contributed by atoms with Crippen LogP contribution in [0, 0.1) is 4.77 Å². The minimum Gasteiger partial charge on any atom is -0.329 e. The number of thiophene rings is 1. The second-order valence-corrected chi connectivity index (χ2v) is 6.13. The molecule has 0 aliphatic rings. The van der Waals surface area contributed by atoms with Gasteiger partial charge in [-0.25, -0.2) is 13.2 Å². The molecule has 2 aromatic heterocycles. The monoisotopic (exact) mass is 277 g/mol. The first-order valence-corrected chi connectivity index (χ1v) is 7.27. The molecule has 9 heteroatoms. The van der Waals surface area contributed by atoms with E-state index in [1.165, 1.54) is 11.3 Å². The van der Waals surface area contributed by atoms with Crippen molar-refractivity contribution in [1.82, 2.24) is 9.66 Å². The van der Waals surface area contributed by atoms with Gasteiger partial charge in [-0.2, -0.15) is 4.68 Å². The minimum absolute atomic E-state index is 0.0151. The summed E-state index contributed by atoms with van der Waals surface area (Å²) in [5.41, 5.74) is 0.130. The number of fused-ring (bicyclic) bond motifs is 1. The number of hydrogen-bond acceptors (Lipinski definition) is 5. The normalized spacial score (nSPS) is 11.8. The third-order valence-corrected chi connectivity index (χ3v) is 3.47. The third kappa shape index (κ3) is 2.01. The van der Waals surface area contributed by atoms with Crippen molar-refractivity contribution in [3.8, 4) is 0 Å². The van der Waals surface area contributed by atoms with Gasteiger partial charge in [0.25, 0.3) is 5.56 Å². The number of aromatic nitrogens is 2. The number of hydrogen-bond donors (Lipinski definition) is 2. The minimum atomic E-state index is -3.54. The van der Waals surface area contributed by atoms with E-state index >= 15 is 0 Å². The van der Waals surface area contributed by atoms with Crippen LogP contribution in [0.3, 0.4) is 0 Å². The van der Waals surface area contributed by atoms with E-state index in [1.807, 2.05) is 4.83 Å². The molecule has 0 atom stereocenters. The van der Waals surface area contributed by atoms with E-state index in [4.69, 9.17) is 12.2 Å². The molecule has 0 radical (unpaired) electrons. The number of rotatable bonds is 2. The number of nitrogens with one attached hydrogen (secondary N) is 2. The molecule has 16 heavy (non-hydrogen) atoms. The fourth-order valence-electron chi connectivity index (χ4n) is 1.19. The van der Waals surface area contributed by atoms with Crippen molar-refractivity contribution >= 4 is 43.8 Å². The second-order valence-electron chi connectivity index (χ2n) is 3.10. The SMILES string of the molecule is CS(=O)(=O)Nn1c(=S)[nH]c2ccsc2c1=O. The molecule has 6 nitrogen and oxygen atoms in total. The Bertz CT molecular complexity index is 752. The van der Waals surface area contributed by atoms with Gasteiger partial charge in [-0.1, -0.05) is 0 Å². The van der Waals surface area contributed by atoms with E-state index in [9.17, 15) is 13.2 Å². The van der Waals surface area contributed by atoms with Crippen molar-refractivity contribution in [1.29, 1.82) is 0 Å². The third-order valence-electron chi connectivity index (χ3n) is 1.76. The molecule has 0 saturated carbocycles. The molecule has 0 spiro atoms. The van der Waals surface area contributed by atoms with Gasteiger partial charge < -0.3 is 4.98 Å². The fourth-order valence-corrected chi connectivity index (χ4v) is 2.77. The number of nitrogens with zero attached hydrogens (tertiary/aromatic N) is 1. The molecule has 0 aliphatic carbocycles. The molecule has 0 unspecified atom stereocenters.